The first-order valence-corrected chi connectivity index (χ1v) is 8.11. The molecular formula is C14H17FN2O2S. The highest BCUT2D eigenvalue weighted by Gasteiger charge is 2.42. The standard InChI is InChI=1S/C14H17FN2O2S/c1-2-6-14(7-8-14)10-17-20(18,19)13-5-3-4-12(15)11(13)9-16/h3-5,17H,2,6-8,10H2,1H3. The molecule has 1 saturated carbocycles. The average Bonchev–Trinajstić information content (AvgIpc) is 3.17. The molecule has 2 rings (SSSR count). The molecule has 1 aliphatic rings. The Hall–Kier alpha value is -1.45. The monoisotopic (exact) mass is 296 g/mol. The van der Waals surface area contributed by atoms with Gasteiger partial charge in [0.25, 0.3) is 0 Å². The van der Waals surface area contributed by atoms with Gasteiger partial charge in [0.05, 0.1) is 0 Å². The molecule has 0 atom stereocenters. The van der Waals surface area contributed by atoms with Crippen molar-refractivity contribution >= 4 is 10.0 Å². The molecular weight excluding hydrogens is 279 g/mol. The van der Waals surface area contributed by atoms with Crippen molar-refractivity contribution in [3.63, 3.8) is 0 Å². The minimum Gasteiger partial charge on any atom is -0.211 e. The number of nitriles is 1. The first kappa shape index (κ1) is 14.9. The minimum absolute atomic E-state index is 0.0575. The maximum atomic E-state index is 13.5. The predicted octanol–water partition coefficient (Wildman–Crippen LogP) is 2.56. The fourth-order valence-electron chi connectivity index (χ4n) is 2.38. The van der Waals surface area contributed by atoms with Crippen LogP contribution in [0.1, 0.15) is 38.2 Å². The van der Waals surface area contributed by atoms with Gasteiger partial charge in [0.2, 0.25) is 10.0 Å². The van der Waals surface area contributed by atoms with E-state index in [1.807, 2.05) is 0 Å². The Kier molecular flexibility index (Phi) is 4.11. The van der Waals surface area contributed by atoms with Crippen LogP contribution in [0.25, 0.3) is 0 Å². The number of sulfonamides is 1. The smallest absolute Gasteiger partial charge is 0.211 e. The fourth-order valence-corrected chi connectivity index (χ4v) is 3.71. The zero-order valence-electron chi connectivity index (χ0n) is 11.3. The third kappa shape index (κ3) is 3.00. The number of hydrogen-bond acceptors (Lipinski definition) is 3. The maximum Gasteiger partial charge on any atom is 0.242 e. The first-order chi connectivity index (χ1) is 9.44. The highest BCUT2D eigenvalue weighted by molar-refractivity contribution is 7.89. The summed E-state index contributed by atoms with van der Waals surface area (Å²) in [5.41, 5.74) is -0.373. The van der Waals surface area contributed by atoms with Crippen LogP contribution in [-0.2, 0) is 10.0 Å². The molecule has 20 heavy (non-hydrogen) atoms. The van der Waals surface area contributed by atoms with Gasteiger partial charge in [0.15, 0.2) is 0 Å². The lowest BCUT2D eigenvalue weighted by Crippen LogP contribution is -2.31. The van der Waals surface area contributed by atoms with Crippen molar-refractivity contribution in [2.24, 2.45) is 5.41 Å². The van der Waals surface area contributed by atoms with Gasteiger partial charge in [-0.15, -0.1) is 0 Å². The van der Waals surface area contributed by atoms with Gasteiger partial charge in [-0.3, -0.25) is 0 Å². The Morgan fingerprint density at radius 1 is 1.45 bits per heavy atom. The summed E-state index contributed by atoms with van der Waals surface area (Å²) < 4.78 is 40.4. The molecule has 1 N–H and O–H groups in total. The molecule has 0 saturated heterocycles. The summed E-state index contributed by atoms with van der Waals surface area (Å²) in [6.07, 6.45) is 4.00. The number of nitrogens with zero attached hydrogens (tertiary/aromatic N) is 1. The summed E-state index contributed by atoms with van der Waals surface area (Å²) in [7, 11) is -3.85. The quantitative estimate of drug-likeness (QED) is 0.877. The molecule has 0 heterocycles. The van der Waals surface area contributed by atoms with Crippen molar-refractivity contribution in [2.75, 3.05) is 6.54 Å². The Balaban J connectivity index is 2.20. The Morgan fingerprint density at radius 3 is 2.70 bits per heavy atom. The lowest BCUT2D eigenvalue weighted by molar-refractivity contribution is 0.449. The summed E-state index contributed by atoms with van der Waals surface area (Å²) >= 11 is 0. The second-order valence-corrected chi connectivity index (χ2v) is 7.03. The van der Waals surface area contributed by atoms with Gasteiger partial charge in [-0.2, -0.15) is 5.26 Å². The molecule has 0 radical (unpaired) electrons. The summed E-state index contributed by atoms with van der Waals surface area (Å²) in [6.45, 7) is 2.42. The summed E-state index contributed by atoms with van der Waals surface area (Å²) in [5, 5.41) is 8.91. The Labute approximate surface area is 118 Å². The van der Waals surface area contributed by atoms with Crippen LogP contribution in [0.2, 0.25) is 0 Å². The largest absolute Gasteiger partial charge is 0.242 e. The van der Waals surface area contributed by atoms with Gasteiger partial charge in [-0.05, 0) is 36.8 Å². The number of rotatable bonds is 6. The lowest BCUT2D eigenvalue weighted by Gasteiger charge is -2.15. The van der Waals surface area contributed by atoms with Crippen LogP contribution in [0.15, 0.2) is 23.1 Å². The van der Waals surface area contributed by atoms with E-state index >= 15 is 0 Å². The molecule has 0 amide bonds. The summed E-state index contributed by atoms with van der Waals surface area (Å²) in [5.74, 6) is -0.815. The Morgan fingerprint density at radius 2 is 2.15 bits per heavy atom. The molecule has 0 aromatic heterocycles. The van der Waals surface area contributed by atoms with E-state index in [-0.39, 0.29) is 10.3 Å². The van der Waals surface area contributed by atoms with Crippen LogP contribution in [0.4, 0.5) is 4.39 Å². The number of benzene rings is 1. The first-order valence-electron chi connectivity index (χ1n) is 6.62. The third-order valence-corrected chi connectivity index (χ3v) is 5.19. The van der Waals surface area contributed by atoms with Gasteiger partial charge in [0, 0.05) is 6.54 Å². The van der Waals surface area contributed by atoms with Crippen molar-refractivity contribution in [1.82, 2.24) is 4.72 Å². The molecule has 108 valence electrons. The fraction of sp³-hybridized carbons (Fsp3) is 0.500. The zero-order valence-corrected chi connectivity index (χ0v) is 12.1. The molecule has 1 aromatic carbocycles. The van der Waals surface area contributed by atoms with Crippen LogP contribution in [0.5, 0.6) is 0 Å². The number of nitrogens with one attached hydrogen (secondary N) is 1. The van der Waals surface area contributed by atoms with Crippen LogP contribution in [-0.4, -0.2) is 15.0 Å². The second-order valence-electron chi connectivity index (χ2n) is 5.30. The zero-order chi connectivity index (χ0) is 14.8. The Bertz CT molecular complexity index is 646. The van der Waals surface area contributed by atoms with Gasteiger partial charge < -0.3 is 0 Å². The van der Waals surface area contributed by atoms with Crippen molar-refractivity contribution < 1.29 is 12.8 Å². The highest BCUT2D eigenvalue weighted by atomic mass is 32.2. The van der Waals surface area contributed by atoms with Gasteiger partial charge >= 0.3 is 0 Å². The average molecular weight is 296 g/mol. The van der Waals surface area contributed by atoms with E-state index in [4.69, 9.17) is 5.26 Å². The molecule has 1 fully saturated rings. The second kappa shape index (κ2) is 5.51. The van der Waals surface area contributed by atoms with Gasteiger partial charge in [0.1, 0.15) is 22.3 Å². The van der Waals surface area contributed by atoms with E-state index in [1.54, 1.807) is 6.07 Å². The molecule has 0 bridgehead atoms. The highest BCUT2D eigenvalue weighted by Crippen LogP contribution is 2.49. The molecule has 1 aromatic rings. The summed E-state index contributed by atoms with van der Waals surface area (Å²) in [6, 6.07) is 5.24. The normalized spacial score (nSPS) is 16.6. The van der Waals surface area contributed by atoms with Crippen molar-refractivity contribution in [3.8, 4) is 6.07 Å². The van der Waals surface area contributed by atoms with Crippen molar-refractivity contribution in [2.45, 2.75) is 37.5 Å². The number of halogens is 1. The SMILES string of the molecule is CCCC1(CNS(=O)(=O)c2cccc(F)c2C#N)CC1. The van der Waals surface area contributed by atoms with E-state index in [2.05, 4.69) is 11.6 Å². The van der Waals surface area contributed by atoms with Crippen molar-refractivity contribution in [3.05, 3.63) is 29.6 Å². The molecule has 0 unspecified atom stereocenters. The molecule has 4 nitrogen and oxygen atoms in total. The van der Waals surface area contributed by atoms with E-state index < -0.39 is 21.4 Å². The number of hydrogen-bond donors (Lipinski definition) is 1. The maximum absolute atomic E-state index is 13.5. The van der Waals surface area contributed by atoms with E-state index in [0.29, 0.717) is 6.54 Å². The van der Waals surface area contributed by atoms with Crippen LogP contribution in [0, 0.1) is 22.6 Å². The van der Waals surface area contributed by atoms with E-state index in [9.17, 15) is 12.8 Å². The van der Waals surface area contributed by atoms with Crippen LogP contribution in [0.3, 0.4) is 0 Å². The van der Waals surface area contributed by atoms with E-state index in [1.165, 1.54) is 12.1 Å². The molecule has 6 heteroatoms. The topological polar surface area (TPSA) is 70.0 Å². The van der Waals surface area contributed by atoms with Gasteiger partial charge in [-0.25, -0.2) is 17.5 Å². The van der Waals surface area contributed by atoms with E-state index in [0.717, 1.165) is 31.7 Å². The minimum atomic E-state index is -3.85. The van der Waals surface area contributed by atoms with Crippen LogP contribution < -0.4 is 4.72 Å². The van der Waals surface area contributed by atoms with Crippen LogP contribution >= 0.6 is 0 Å². The lowest BCUT2D eigenvalue weighted by atomic mass is 10.0. The predicted molar refractivity (Wildman–Crippen MR) is 72.9 cm³/mol. The molecule has 0 aliphatic heterocycles. The molecule has 1 aliphatic carbocycles. The van der Waals surface area contributed by atoms with Gasteiger partial charge in [-0.1, -0.05) is 19.4 Å². The third-order valence-electron chi connectivity index (χ3n) is 3.75. The summed E-state index contributed by atoms with van der Waals surface area (Å²) in [4.78, 5) is -0.285. The van der Waals surface area contributed by atoms with Crippen molar-refractivity contribution in [1.29, 1.82) is 5.26 Å². The molecule has 0 spiro atoms.